The van der Waals surface area contributed by atoms with Crippen molar-refractivity contribution in [2.45, 2.75) is 19.6 Å². The number of nitrogens with zero attached hydrogens (tertiary/aromatic N) is 2. The van der Waals surface area contributed by atoms with E-state index in [2.05, 4.69) is 10.2 Å². The lowest BCUT2D eigenvalue weighted by atomic mass is 10.2. The van der Waals surface area contributed by atoms with Gasteiger partial charge in [0.05, 0.1) is 20.3 Å². The number of benzene rings is 3. The maximum Gasteiger partial charge on any atom is 0.322 e. The van der Waals surface area contributed by atoms with Crippen molar-refractivity contribution in [1.29, 1.82) is 0 Å². The highest BCUT2D eigenvalue weighted by atomic mass is 16.5. The Morgan fingerprint density at radius 2 is 1.69 bits per heavy atom. The molecule has 36 heavy (non-hydrogen) atoms. The number of rotatable bonds is 11. The van der Waals surface area contributed by atoms with Crippen LogP contribution in [0.5, 0.6) is 11.5 Å². The second-order valence-corrected chi connectivity index (χ2v) is 8.81. The van der Waals surface area contributed by atoms with Gasteiger partial charge in [-0.25, -0.2) is 4.79 Å². The molecule has 1 fully saturated rings. The average Bonchev–Trinajstić information content (AvgIpc) is 2.93. The van der Waals surface area contributed by atoms with E-state index in [9.17, 15) is 4.79 Å². The Morgan fingerprint density at radius 1 is 0.944 bits per heavy atom. The maximum absolute atomic E-state index is 13.3. The van der Waals surface area contributed by atoms with E-state index in [0.717, 1.165) is 56.1 Å². The van der Waals surface area contributed by atoms with Gasteiger partial charge in [-0.2, -0.15) is 0 Å². The average molecular weight is 490 g/mol. The third kappa shape index (κ3) is 8.00. The van der Waals surface area contributed by atoms with Crippen LogP contribution in [-0.2, 0) is 17.9 Å². The van der Waals surface area contributed by atoms with Crippen LogP contribution in [0.4, 0.5) is 10.5 Å². The van der Waals surface area contributed by atoms with E-state index in [1.165, 1.54) is 0 Å². The Morgan fingerprint density at radius 3 is 2.50 bits per heavy atom. The number of carbonyl (C=O) groups excluding carboxylic acids is 1. The van der Waals surface area contributed by atoms with Crippen LogP contribution in [0.25, 0.3) is 0 Å². The second kappa shape index (κ2) is 13.5. The lowest BCUT2D eigenvalue weighted by Gasteiger charge is -2.28. The molecule has 0 aliphatic carbocycles. The van der Waals surface area contributed by atoms with Gasteiger partial charge in [-0.15, -0.1) is 0 Å². The Hall–Kier alpha value is -3.55. The molecule has 1 aliphatic rings. The summed E-state index contributed by atoms with van der Waals surface area (Å²) in [5.41, 5.74) is 2.84. The molecule has 0 bridgehead atoms. The van der Waals surface area contributed by atoms with E-state index >= 15 is 0 Å². The van der Waals surface area contributed by atoms with Gasteiger partial charge < -0.3 is 24.4 Å². The highest BCUT2D eigenvalue weighted by Gasteiger charge is 2.17. The number of ether oxygens (including phenoxy) is 3. The molecule has 1 saturated heterocycles. The zero-order valence-electron chi connectivity index (χ0n) is 20.9. The number of amides is 2. The highest BCUT2D eigenvalue weighted by molar-refractivity contribution is 5.89. The fourth-order valence-corrected chi connectivity index (χ4v) is 4.16. The van der Waals surface area contributed by atoms with Gasteiger partial charge in [-0.1, -0.05) is 48.5 Å². The number of morpholine rings is 1. The number of hydrogen-bond acceptors (Lipinski definition) is 5. The summed E-state index contributed by atoms with van der Waals surface area (Å²) in [6, 6.07) is 25.3. The molecule has 0 spiro atoms. The molecule has 1 heterocycles. The SMILES string of the molecule is COc1cccc(NC(=O)N(CCCN2CCOCC2)Cc2cccc(OCc3ccccc3)c2)c1. The molecule has 0 unspecified atom stereocenters. The summed E-state index contributed by atoms with van der Waals surface area (Å²) < 4.78 is 16.8. The predicted octanol–water partition coefficient (Wildman–Crippen LogP) is 5.03. The molecule has 0 saturated carbocycles. The summed E-state index contributed by atoms with van der Waals surface area (Å²) >= 11 is 0. The van der Waals surface area contributed by atoms with Gasteiger partial charge in [0.15, 0.2) is 0 Å². The Kier molecular flexibility index (Phi) is 9.59. The Balaban J connectivity index is 1.40. The minimum atomic E-state index is -0.138. The third-order valence-electron chi connectivity index (χ3n) is 6.13. The molecule has 0 atom stereocenters. The standard InChI is InChI=1S/C29H35N3O4/c1-34-27-12-6-11-26(21-27)30-29(33)32(15-7-14-31-16-18-35-19-17-31)22-25-10-5-13-28(20-25)36-23-24-8-3-2-4-9-24/h2-6,8-13,20-21H,7,14-19,22-23H2,1H3,(H,30,33). The summed E-state index contributed by atoms with van der Waals surface area (Å²) in [6.45, 7) is 6.00. The van der Waals surface area contributed by atoms with Gasteiger partial charge in [0.2, 0.25) is 0 Å². The van der Waals surface area contributed by atoms with E-state index < -0.39 is 0 Å². The minimum Gasteiger partial charge on any atom is -0.497 e. The summed E-state index contributed by atoms with van der Waals surface area (Å²) in [5, 5.41) is 3.03. The lowest BCUT2D eigenvalue weighted by molar-refractivity contribution is 0.0365. The zero-order valence-corrected chi connectivity index (χ0v) is 20.9. The van der Waals surface area contributed by atoms with Crippen molar-refractivity contribution < 1.29 is 19.0 Å². The fourth-order valence-electron chi connectivity index (χ4n) is 4.16. The van der Waals surface area contributed by atoms with E-state index in [1.807, 2.05) is 83.8 Å². The molecule has 3 aromatic rings. The molecule has 0 radical (unpaired) electrons. The van der Waals surface area contributed by atoms with Crippen LogP contribution in [0.15, 0.2) is 78.9 Å². The largest absolute Gasteiger partial charge is 0.497 e. The molecule has 190 valence electrons. The molecule has 1 aliphatic heterocycles. The number of urea groups is 1. The van der Waals surface area contributed by atoms with Gasteiger partial charge in [0, 0.05) is 44.5 Å². The molecule has 4 rings (SSSR count). The van der Waals surface area contributed by atoms with Crippen molar-refractivity contribution in [3.05, 3.63) is 90.0 Å². The monoisotopic (exact) mass is 489 g/mol. The maximum atomic E-state index is 13.3. The van der Waals surface area contributed by atoms with Gasteiger partial charge in [-0.05, 0) is 41.8 Å². The van der Waals surface area contributed by atoms with Crippen LogP contribution >= 0.6 is 0 Å². The number of anilines is 1. The smallest absolute Gasteiger partial charge is 0.322 e. The summed E-state index contributed by atoms with van der Waals surface area (Å²) in [7, 11) is 1.62. The van der Waals surface area contributed by atoms with E-state index in [1.54, 1.807) is 7.11 Å². The molecule has 0 aromatic heterocycles. The predicted molar refractivity (Wildman–Crippen MR) is 142 cm³/mol. The summed E-state index contributed by atoms with van der Waals surface area (Å²) in [6.07, 6.45) is 0.885. The summed E-state index contributed by atoms with van der Waals surface area (Å²) in [5.74, 6) is 1.49. The Bertz CT molecular complexity index is 1090. The first-order chi connectivity index (χ1) is 17.7. The number of carbonyl (C=O) groups is 1. The van der Waals surface area contributed by atoms with Crippen molar-refractivity contribution in [3.8, 4) is 11.5 Å². The van der Waals surface area contributed by atoms with Crippen molar-refractivity contribution in [2.24, 2.45) is 0 Å². The van der Waals surface area contributed by atoms with Gasteiger partial charge in [0.25, 0.3) is 0 Å². The zero-order chi connectivity index (χ0) is 25.0. The van der Waals surface area contributed by atoms with Gasteiger partial charge in [-0.3, -0.25) is 4.90 Å². The van der Waals surface area contributed by atoms with Crippen molar-refractivity contribution in [3.63, 3.8) is 0 Å². The molecule has 7 heteroatoms. The lowest BCUT2D eigenvalue weighted by Crippen LogP contribution is -2.40. The molecular weight excluding hydrogens is 454 g/mol. The number of nitrogens with one attached hydrogen (secondary N) is 1. The van der Waals surface area contributed by atoms with Crippen molar-refractivity contribution in [2.75, 3.05) is 51.8 Å². The topological polar surface area (TPSA) is 63.3 Å². The molecule has 7 nitrogen and oxygen atoms in total. The van der Waals surface area contributed by atoms with E-state index in [-0.39, 0.29) is 6.03 Å². The van der Waals surface area contributed by atoms with Crippen LogP contribution in [0, 0.1) is 0 Å². The first kappa shape index (κ1) is 25.5. The number of hydrogen-bond donors (Lipinski definition) is 1. The Labute approximate surface area is 213 Å². The van der Waals surface area contributed by atoms with Crippen LogP contribution in [-0.4, -0.2) is 62.3 Å². The minimum absolute atomic E-state index is 0.138. The van der Waals surface area contributed by atoms with Crippen molar-refractivity contribution in [1.82, 2.24) is 9.80 Å². The highest BCUT2D eigenvalue weighted by Crippen LogP contribution is 2.20. The molecular formula is C29H35N3O4. The first-order valence-electron chi connectivity index (χ1n) is 12.5. The second-order valence-electron chi connectivity index (χ2n) is 8.81. The first-order valence-corrected chi connectivity index (χ1v) is 12.5. The van der Waals surface area contributed by atoms with Crippen LogP contribution in [0.2, 0.25) is 0 Å². The quantitative estimate of drug-likeness (QED) is 0.409. The molecule has 3 aromatic carbocycles. The van der Waals surface area contributed by atoms with Crippen LogP contribution in [0.1, 0.15) is 17.5 Å². The molecule has 1 N–H and O–H groups in total. The van der Waals surface area contributed by atoms with E-state index in [4.69, 9.17) is 14.2 Å². The molecule has 2 amide bonds. The third-order valence-corrected chi connectivity index (χ3v) is 6.13. The van der Waals surface area contributed by atoms with Crippen LogP contribution in [0.3, 0.4) is 0 Å². The normalized spacial score (nSPS) is 13.7. The summed E-state index contributed by atoms with van der Waals surface area (Å²) in [4.78, 5) is 17.5. The van der Waals surface area contributed by atoms with Gasteiger partial charge >= 0.3 is 6.03 Å². The van der Waals surface area contributed by atoms with E-state index in [0.29, 0.717) is 31.1 Å². The van der Waals surface area contributed by atoms with Crippen LogP contribution < -0.4 is 14.8 Å². The van der Waals surface area contributed by atoms with Gasteiger partial charge in [0.1, 0.15) is 18.1 Å². The van der Waals surface area contributed by atoms with Crippen molar-refractivity contribution >= 4 is 11.7 Å². The fraction of sp³-hybridized carbons (Fsp3) is 0.345. The number of methoxy groups -OCH3 is 1.